The van der Waals surface area contributed by atoms with E-state index in [0.717, 1.165) is 0 Å². The second kappa shape index (κ2) is 7.82. The Kier molecular flexibility index (Phi) is 6.81. The Balaban J connectivity index is 3.01. The average molecular weight is 362 g/mol. The predicted molar refractivity (Wildman–Crippen MR) is 94.5 cm³/mol. The van der Waals surface area contributed by atoms with Gasteiger partial charge in [-0.15, -0.1) is 0 Å². The van der Waals surface area contributed by atoms with Gasteiger partial charge in [0.05, 0.1) is 11.5 Å². The van der Waals surface area contributed by atoms with Crippen molar-refractivity contribution in [1.29, 1.82) is 0 Å². The first kappa shape index (κ1) is 20.9. The van der Waals surface area contributed by atoms with Gasteiger partial charge in [0.1, 0.15) is 0 Å². The minimum absolute atomic E-state index is 0.0545. The van der Waals surface area contributed by atoms with Gasteiger partial charge in [-0.1, -0.05) is 0 Å². The first-order valence-electron chi connectivity index (χ1n) is 8.36. The van der Waals surface area contributed by atoms with Gasteiger partial charge in [0.15, 0.2) is 9.84 Å². The van der Waals surface area contributed by atoms with Crippen LogP contribution in [0.2, 0.25) is 0 Å². The third kappa shape index (κ3) is 5.44. The molecule has 2 amide bonds. The minimum Gasteiger partial charge on any atom is -0.330 e. The Labute approximate surface area is 145 Å². The number of carbonyl (C=O) groups is 2. The zero-order chi connectivity index (χ0) is 18.7. The summed E-state index contributed by atoms with van der Waals surface area (Å²) in [7, 11) is 0.632. The van der Waals surface area contributed by atoms with Crippen LogP contribution in [0.1, 0.15) is 34.1 Å². The van der Waals surface area contributed by atoms with Crippen molar-refractivity contribution in [3.63, 3.8) is 0 Å². The van der Waals surface area contributed by atoms with E-state index in [1.54, 1.807) is 0 Å². The first-order valence-corrected chi connectivity index (χ1v) is 10.2. The lowest BCUT2D eigenvalue weighted by Gasteiger charge is -2.37. The van der Waals surface area contributed by atoms with Crippen molar-refractivity contribution in [3.8, 4) is 0 Å². The topological polar surface area (TPSA) is 78.0 Å². The number of hydrogen-bond acceptors (Lipinski definition) is 5. The van der Waals surface area contributed by atoms with E-state index in [1.807, 2.05) is 46.7 Å². The molecule has 24 heavy (non-hydrogen) atoms. The molecule has 7 nitrogen and oxygen atoms in total. The van der Waals surface area contributed by atoms with Crippen LogP contribution in [0.4, 0.5) is 0 Å². The Morgan fingerprint density at radius 1 is 1.08 bits per heavy atom. The molecule has 0 aromatic heterocycles. The lowest BCUT2D eigenvalue weighted by atomic mass is 10.1. The highest BCUT2D eigenvalue weighted by Gasteiger charge is 2.39. The number of nitrogens with zero attached hydrogens (tertiary/aromatic N) is 3. The first-order chi connectivity index (χ1) is 10.9. The molecular formula is C16H31N3O4S. The summed E-state index contributed by atoms with van der Waals surface area (Å²) in [5.74, 6) is -1.14. The molecule has 0 aromatic rings. The molecule has 8 heteroatoms. The van der Waals surface area contributed by atoms with Crippen molar-refractivity contribution in [2.75, 3.05) is 45.2 Å². The largest absolute Gasteiger partial charge is 0.330 e. The molecule has 1 atom stereocenters. The van der Waals surface area contributed by atoms with Crippen molar-refractivity contribution in [3.05, 3.63) is 0 Å². The Morgan fingerprint density at radius 3 is 2.04 bits per heavy atom. The fourth-order valence-corrected chi connectivity index (χ4v) is 4.67. The summed E-state index contributed by atoms with van der Waals surface area (Å²) in [6, 6.07) is -0.412. The second-order valence-corrected chi connectivity index (χ2v) is 9.81. The lowest BCUT2D eigenvalue weighted by molar-refractivity contribution is -0.155. The van der Waals surface area contributed by atoms with Crippen LogP contribution in [0.15, 0.2) is 0 Å². The molecular weight excluding hydrogens is 330 g/mol. The fraction of sp³-hybridized carbons (Fsp3) is 0.875. The summed E-state index contributed by atoms with van der Waals surface area (Å²) < 4.78 is 23.6. The Bertz CT molecular complexity index is 566. The number of sulfone groups is 1. The van der Waals surface area contributed by atoms with Gasteiger partial charge < -0.3 is 14.7 Å². The van der Waals surface area contributed by atoms with Crippen molar-refractivity contribution in [2.24, 2.45) is 0 Å². The van der Waals surface area contributed by atoms with Gasteiger partial charge in [0.25, 0.3) is 0 Å². The third-order valence-electron chi connectivity index (χ3n) is 4.25. The molecule has 1 fully saturated rings. The maximum Gasteiger partial charge on any atom is 0.312 e. The quantitative estimate of drug-likeness (QED) is 0.654. The molecule has 1 aliphatic rings. The van der Waals surface area contributed by atoms with Crippen LogP contribution < -0.4 is 0 Å². The fourth-order valence-electron chi connectivity index (χ4n) is 2.94. The zero-order valence-corrected chi connectivity index (χ0v) is 16.5. The number of amides is 2. The van der Waals surface area contributed by atoms with E-state index in [-0.39, 0.29) is 11.5 Å². The van der Waals surface area contributed by atoms with E-state index in [1.165, 1.54) is 9.80 Å². The zero-order valence-electron chi connectivity index (χ0n) is 15.7. The summed E-state index contributed by atoms with van der Waals surface area (Å²) in [6.07, 6.45) is 0.399. The van der Waals surface area contributed by atoms with E-state index in [0.29, 0.717) is 26.1 Å². The van der Waals surface area contributed by atoms with Crippen molar-refractivity contribution >= 4 is 21.7 Å². The van der Waals surface area contributed by atoms with Crippen molar-refractivity contribution in [2.45, 2.75) is 45.7 Å². The molecule has 0 spiro atoms. The van der Waals surface area contributed by atoms with Gasteiger partial charge in [-0.05, 0) is 48.2 Å². The highest BCUT2D eigenvalue weighted by atomic mass is 32.2. The standard InChI is InChI=1S/C16H31N3O4S/c1-7-19(16(2,3)4)15(21)14(20)18(10-9-17(5)6)13-8-11-24(22,23)12-13/h13H,7-12H2,1-6H3. The van der Waals surface area contributed by atoms with E-state index in [2.05, 4.69) is 0 Å². The number of rotatable bonds is 5. The molecule has 0 N–H and O–H groups in total. The summed E-state index contributed by atoms with van der Waals surface area (Å²) in [5.41, 5.74) is -0.462. The summed E-state index contributed by atoms with van der Waals surface area (Å²) >= 11 is 0. The Hall–Kier alpha value is -1.15. The van der Waals surface area contributed by atoms with Gasteiger partial charge in [0, 0.05) is 31.2 Å². The molecule has 1 saturated heterocycles. The van der Waals surface area contributed by atoms with Gasteiger partial charge in [-0.25, -0.2) is 8.42 Å². The van der Waals surface area contributed by atoms with Crippen LogP contribution in [-0.2, 0) is 19.4 Å². The van der Waals surface area contributed by atoms with Gasteiger partial charge in [0.2, 0.25) is 0 Å². The van der Waals surface area contributed by atoms with Gasteiger partial charge in [-0.2, -0.15) is 0 Å². The summed E-state index contributed by atoms with van der Waals surface area (Å²) in [4.78, 5) is 30.4. The molecule has 1 rings (SSSR count). The van der Waals surface area contributed by atoms with Crippen LogP contribution in [0, 0.1) is 0 Å². The van der Waals surface area contributed by atoms with E-state index in [9.17, 15) is 18.0 Å². The predicted octanol–water partition coefficient (Wildman–Crippen LogP) is 0.211. The van der Waals surface area contributed by atoms with Crippen molar-refractivity contribution < 1.29 is 18.0 Å². The van der Waals surface area contributed by atoms with Crippen molar-refractivity contribution in [1.82, 2.24) is 14.7 Å². The van der Waals surface area contributed by atoms with Crippen LogP contribution in [-0.4, -0.2) is 91.7 Å². The molecule has 1 heterocycles. The van der Waals surface area contributed by atoms with E-state index in [4.69, 9.17) is 0 Å². The molecule has 0 saturated carbocycles. The maximum atomic E-state index is 12.8. The van der Waals surface area contributed by atoms with E-state index >= 15 is 0 Å². The molecule has 0 aromatic carbocycles. The maximum absolute atomic E-state index is 12.8. The highest BCUT2D eigenvalue weighted by Crippen LogP contribution is 2.20. The average Bonchev–Trinajstić information content (AvgIpc) is 2.77. The minimum atomic E-state index is -3.12. The SMILES string of the molecule is CCN(C(=O)C(=O)N(CCN(C)C)C1CCS(=O)(=O)C1)C(C)(C)C. The molecule has 0 aliphatic carbocycles. The smallest absolute Gasteiger partial charge is 0.312 e. The highest BCUT2D eigenvalue weighted by molar-refractivity contribution is 7.91. The number of likely N-dealkylation sites (N-methyl/N-ethyl adjacent to an activating group) is 2. The van der Waals surface area contributed by atoms with Crippen LogP contribution in [0.25, 0.3) is 0 Å². The monoisotopic (exact) mass is 361 g/mol. The van der Waals surface area contributed by atoms with Crippen LogP contribution >= 0.6 is 0 Å². The van der Waals surface area contributed by atoms with Crippen LogP contribution in [0.3, 0.4) is 0 Å². The number of carbonyl (C=O) groups excluding carboxylic acids is 2. The molecule has 140 valence electrons. The Morgan fingerprint density at radius 2 is 1.67 bits per heavy atom. The number of hydrogen-bond donors (Lipinski definition) is 0. The lowest BCUT2D eigenvalue weighted by Crippen LogP contribution is -2.55. The van der Waals surface area contributed by atoms with Gasteiger partial charge >= 0.3 is 11.8 Å². The van der Waals surface area contributed by atoms with Crippen LogP contribution in [0.5, 0.6) is 0 Å². The molecule has 1 unspecified atom stereocenters. The molecule has 1 aliphatic heterocycles. The van der Waals surface area contributed by atoms with Gasteiger partial charge in [-0.3, -0.25) is 9.59 Å². The molecule has 0 bridgehead atoms. The second-order valence-electron chi connectivity index (χ2n) is 7.58. The normalized spacial score (nSPS) is 20.2. The third-order valence-corrected chi connectivity index (χ3v) is 6.00. The summed E-state index contributed by atoms with van der Waals surface area (Å²) in [5, 5.41) is 0. The summed E-state index contributed by atoms with van der Waals surface area (Å²) in [6.45, 7) is 8.83. The van der Waals surface area contributed by atoms with E-state index < -0.39 is 33.2 Å². The molecule has 0 radical (unpaired) electrons.